The molecule has 0 aliphatic heterocycles. The number of nitrogens with one attached hydrogen (secondary N) is 1. The maximum Gasteiger partial charge on any atom is 0.273 e. The van der Waals surface area contributed by atoms with E-state index in [0.29, 0.717) is 22.5 Å². The quantitative estimate of drug-likeness (QED) is 0.390. The highest BCUT2D eigenvalue weighted by Crippen LogP contribution is 2.13. The number of nitro groups is 1. The van der Waals surface area contributed by atoms with E-state index in [1.54, 1.807) is 43.3 Å². The topological polar surface area (TPSA) is 111 Å². The average Bonchev–Trinajstić information content (AvgIpc) is 2.52. The molecule has 0 aliphatic rings. The van der Waals surface area contributed by atoms with Crippen molar-refractivity contribution in [3.63, 3.8) is 0 Å². The second kappa shape index (κ2) is 6.49. The third-order valence-electron chi connectivity index (χ3n) is 3.03. The molecule has 0 fully saturated rings. The predicted octanol–water partition coefficient (Wildman–Crippen LogP) is 2.33. The molecule has 0 aliphatic carbocycles. The number of carbonyl (C=O) groups is 1. The molecule has 2 rings (SSSR count). The summed E-state index contributed by atoms with van der Waals surface area (Å²) < 4.78 is 0. The summed E-state index contributed by atoms with van der Waals surface area (Å²) in [5, 5.41) is 14.6. The van der Waals surface area contributed by atoms with Crippen LogP contribution >= 0.6 is 0 Å². The second-order valence-electron chi connectivity index (χ2n) is 4.53. The van der Waals surface area contributed by atoms with Crippen molar-refractivity contribution in [3.8, 4) is 0 Å². The van der Waals surface area contributed by atoms with Crippen molar-refractivity contribution in [2.75, 3.05) is 5.73 Å². The number of rotatable bonds is 4. The smallest absolute Gasteiger partial charge is 0.273 e. The number of carbonyl (C=O) groups excluding carboxylic acids is 1. The van der Waals surface area contributed by atoms with Crippen molar-refractivity contribution in [1.29, 1.82) is 0 Å². The van der Waals surface area contributed by atoms with E-state index in [4.69, 9.17) is 5.73 Å². The fourth-order valence-corrected chi connectivity index (χ4v) is 1.79. The summed E-state index contributed by atoms with van der Waals surface area (Å²) in [6, 6.07) is 12.6. The van der Waals surface area contributed by atoms with Crippen LogP contribution in [0.3, 0.4) is 0 Å². The molecule has 0 bridgehead atoms. The molecule has 0 saturated carbocycles. The highest BCUT2D eigenvalue weighted by atomic mass is 16.6. The van der Waals surface area contributed by atoms with Crippen molar-refractivity contribution in [3.05, 3.63) is 69.8 Å². The number of nitro benzene ring substituents is 1. The molecule has 0 saturated heterocycles. The molecular weight excluding hydrogens is 284 g/mol. The third-order valence-corrected chi connectivity index (χ3v) is 3.03. The Morgan fingerprint density at radius 3 is 2.41 bits per heavy atom. The maximum absolute atomic E-state index is 12.0. The Hall–Kier alpha value is -3.22. The van der Waals surface area contributed by atoms with Gasteiger partial charge in [-0.1, -0.05) is 12.1 Å². The highest BCUT2D eigenvalue weighted by Gasteiger charge is 2.09. The van der Waals surface area contributed by atoms with Gasteiger partial charge in [-0.15, -0.1) is 0 Å². The van der Waals surface area contributed by atoms with Gasteiger partial charge >= 0.3 is 0 Å². The van der Waals surface area contributed by atoms with Crippen LogP contribution in [0.5, 0.6) is 0 Å². The fraction of sp³-hybridized carbons (Fsp3) is 0.0667. The van der Waals surface area contributed by atoms with E-state index in [2.05, 4.69) is 10.5 Å². The van der Waals surface area contributed by atoms with Crippen LogP contribution < -0.4 is 11.2 Å². The molecule has 1 amide bonds. The van der Waals surface area contributed by atoms with Crippen LogP contribution in [0.2, 0.25) is 0 Å². The molecular formula is C15H14N4O3. The lowest BCUT2D eigenvalue weighted by Gasteiger charge is -2.05. The van der Waals surface area contributed by atoms with Gasteiger partial charge < -0.3 is 5.73 Å². The maximum atomic E-state index is 12.0. The number of nitrogen functional groups attached to an aromatic ring is 1. The first-order valence-corrected chi connectivity index (χ1v) is 6.43. The summed E-state index contributed by atoms with van der Waals surface area (Å²) in [6.45, 7) is 1.69. The number of anilines is 1. The molecule has 2 aromatic carbocycles. The highest BCUT2D eigenvalue weighted by molar-refractivity contribution is 6.02. The van der Waals surface area contributed by atoms with E-state index < -0.39 is 10.8 Å². The molecule has 2 aromatic rings. The van der Waals surface area contributed by atoms with Gasteiger partial charge in [-0.05, 0) is 36.8 Å². The Morgan fingerprint density at radius 2 is 1.82 bits per heavy atom. The van der Waals surface area contributed by atoms with Gasteiger partial charge in [-0.25, -0.2) is 5.43 Å². The molecule has 7 heteroatoms. The number of para-hydroxylation sites is 1. The molecule has 0 radical (unpaired) electrons. The first kappa shape index (κ1) is 15.2. The van der Waals surface area contributed by atoms with Gasteiger partial charge in [0.05, 0.1) is 16.2 Å². The number of benzene rings is 2. The van der Waals surface area contributed by atoms with Gasteiger partial charge in [0.2, 0.25) is 0 Å². The van der Waals surface area contributed by atoms with Crippen molar-refractivity contribution in [1.82, 2.24) is 5.43 Å². The predicted molar refractivity (Wildman–Crippen MR) is 83.6 cm³/mol. The van der Waals surface area contributed by atoms with Gasteiger partial charge in [0.25, 0.3) is 11.6 Å². The van der Waals surface area contributed by atoms with Gasteiger partial charge in [-0.3, -0.25) is 14.9 Å². The van der Waals surface area contributed by atoms with E-state index >= 15 is 0 Å². The summed E-state index contributed by atoms with van der Waals surface area (Å²) in [7, 11) is 0. The summed E-state index contributed by atoms with van der Waals surface area (Å²) in [6.07, 6.45) is 0. The summed E-state index contributed by atoms with van der Waals surface area (Å²) in [4.78, 5) is 22.1. The SMILES string of the molecule is CC(=NNC(=O)c1ccccc1N)c1ccc([N+](=O)[O-])cc1. The van der Waals surface area contributed by atoms with E-state index in [-0.39, 0.29) is 5.69 Å². The van der Waals surface area contributed by atoms with E-state index in [9.17, 15) is 14.9 Å². The fourth-order valence-electron chi connectivity index (χ4n) is 1.79. The molecule has 0 atom stereocenters. The lowest BCUT2D eigenvalue weighted by atomic mass is 10.1. The average molecular weight is 298 g/mol. The van der Waals surface area contributed by atoms with Gasteiger partial charge in [-0.2, -0.15) is 5.10 Å². The van der Waals surface area contributed by atoms with Crippen molar-refractivity contribution in [2.24, 2.45) is 5.10 Å². The Balaban J connectivity index is 2.11. The largest absolute Gasteiger partial charge is 0.398 e. The molecule has 22 heavy (non-hydrogen) atoms. The van der Waals surface area contributed by atoms with Gasteiger partial charge in [0.15, 0.2) is 0 Å². The van der Waals surface area contributed by atoms with E-state index in [1.165, 1.54) is 12.1 Å². The van der Waals surface area contributed by atoms with Crippen LogP contribution in [-0.4, -0.2) is 16.5 Å². The van der Waals surface area contributed by atoms with Crippen LogP contribution in [0.25, 0.3) is 0 Å². The Morgan fingerprint density at radius 1 is 1.18 bits per heavy atom. The lowest BCUT2D eigenvalue weighted by Crippen LogP contribution is -2.20. The van der Waals surface area contributed by atoms with Crippen LogP contribution in [-0.2, 0) is 0 Å². The number of amides is 1. The minimum atomic E-state index is -0.476. The third kappa shape index (κ3) is 3.45. The molecule has 112 valence electrons. The van der Waals surface area contributed by atoms with Gasteiger partial charge in [0.1, 0.15) is 0 Å². The number of hydrogen-bond donors (Lipinski definition) is 2. The molecule has 0 aromatic heterocycles. The molecule has 0 unspecified atom stereocenters. The normalized spacial score (nSPS) is 11.0. The van der Waals surface area contributed by atoms with Crippen LogP contribution in [0.15, 0.2) is 53.6 Å². The van der Waals surface area contributed by atoms with Crippen LogP contribution in [0.1, 0.15) is 22.8 Å². The zero-order valence-electron chi connectivity index (χ0n) is 11.8. The number of hydrogen-bond acceptors (Lipinski definition) is 5. The van der Waals surface area contributed by atoms with Crippen LogP contribution in [0, 0.1) is 10.1 Å². The molecule has 7 nitrogen and oxygen atoms in total. The van der Waals surface area contributed by atoms with Crippen molar-refractivity contribution < 1.29 is 9.72 Å². The second-order valence-corrected chi connectivity index (χ2v) is 4.53. The van der Waals surface area contributed by atoms with Crippen molar-refractivity contribution >= 4 is 23.0 Å². The number of nitrogens with zero attached hydrogens (tertiary/aromatic N) is 2. The lowest BCUT2D eigenvalue weighted by molar-refractivity contribution is -0.384. The first-order chi connectivity index (χ1) is 10.5. The number of nitrogens with two attached hydrogens (primary N) is 1. The number of hydrazone groups is 1. The summed E-state index contributed by atoms with van der Waals surface area (Å²) in [5.41, 5.74) is 10.0. The van der Waals surface area contributed by atoms with E-state index in [1.807, 2.05) is 0 Å². The monoisotopic (exact) mass is 298 g/mol. The van der Waals surface area contributed by atoms with Gasteiger partial charge in [0, 0.05) is 17.8 Å². The van der Waals surface area contributed by atoms with Crippen molar-refractivity contribution in [2.45, 2.75) is 6.92 Å². The summed E-state index contributed by atoms with van der Waals surface area (Å²) >= 11 is 0. The van der Waals surface area contributed by atoms with E-state index in [0.717, 1.165) is 0 Å². The molecule has 3 N–H and O–H groups in total. The molecule has 0 heterocycles. The standard InChI is InChI=1S/C15H14N4O3/c1-10(11-6-8-12(9-7-11)19(21)22)17-18-15(20)13-4-2-3-5-14(13)16/h2-9H,16H2,1H3,(H,18,20). The Labute approximate surface area is 126 Å². The first-order valence-electron chi connectivity index (χ1n) is 6.43. The Bertz CT molecular complexity index is 739. The van der Waals surface area contributed by atoms with Crippen LogP contribution in [0.4, 0.5) is 11.4 Å². The number of non-ortho nitro benzene ring substituents is 1. The minimum Gasteiger partial charge on any atom is -0.398 e. The Kier molecular flexibility index (Phi) is 4.47. The zero-order chi connectivity index (χ0) is 16.1. The zero-order valence-corrected chi connectivity index (χ0v) is 11.8. The molecule has 0 spiro atoms. The summed E-state index contributed by atoms with van der Waals surface area (Å²) in [5.74, 6) is -0.417. The minimum absolute atomic E-state index is 0.00218.